The second-order valence-corrected chi connectivity index (χ2v) is 13.6. The van der Waals surface area contributed by atoms with Crippen LogP contribution in [0.2, 0.25) is 0 Å². The number of pyridine rings is 2. The SMILES string of the molecule is CCc1nc2c(cnn2CC)c(NC2CCOCC2)c1CNC(=O)c1ccc(CCCCCNC[C@H](C)c2ccc(O)c3[nH]c(=O)ccc23)cc1. The number of aromatic hydroxyl groups is 1. The summed E-state index contributed by atoms with van der Waals surface area (Å²) in [5.41, 5.74) is 7.13. The van der Waals surface area contributed by atoms with E-state index in [1.54, 1.807) is 12.1 Å². The van der Waals surface area contributed by atoms with Gasteiger partial charge in [0.05, 0.1) is 22.8 Å². The van der Waals surface area contributed by atoms with E-state index in [0.717, 1.165) is 117 Å². The Kier molecular flexibility index (Phi) is 12.0. The van der Waals surface area contributed by atoms with Crippen LogP contribution >= 0.6 is 0 Å². The first-order chi connectivity index (χ1) is 24.9. The Bertz CT molecular complexity index is 2000. The molecule has 1 amide bonds. The predicted octanol–water partition coefficient (Wildman–Crippen LogP) is 6.19. The van der Waals surface area contributed by atoms with Crippen LogP contribution in [0.1, 0.15) is 91.5 Å². The van der Waals surface area contributed by atoms with Crippen LogP contribution in [-0.2, 0) is 30.7 Å². The molecule has 51 heavy (non-hydrogen) atoms. The molecule has 270 valence electrons. The fraction of sp³-hybridized carbons (Fsp3) is 0.450. The first-order valence-electron chi connectivity index (χ1n) is 18.5. The third-order valence-corrected chi connectivity index (χ3v) is 10.0. The fourth-order valence-corrected chi connectivity index (χ4v) is 7.07. The van der Waals surface area contributed by atoms with E-state index in [1.165, 1.54) is 11.6 Å². The summed E-state index contributed by atoms with van der Waals surface area (Å²) in [6.45, 7) is 10.7. The van der Waals surface area contributed by atoms with Gasteiger partial charge in [0.15, 0.2) is 5.65 Å². The minimum absolute atomic E-state index is 0.0890. The predicted molar refractivity (Wildman–Crippen MR) is 203 cm³/mol. The van der Waals surface area contributed by atoms with Crippen LogP contribution < -0.4 is 21.5 Å². The first kappa shape index (κ1) is 36.1. The Hall–Kier alpha value is -4.74. The second kappa shape index (κ2) is 17.0. The normalized spacial score (nSPS) is 14.3. The van der Waals surface area contributed by atoms with Crippen molar-refractivity contribution in [2.24, 2.45) is 0 Å². The maximum Gasteiger partial charge on any atom is 0.251 e. The van der Waals surface area contributed by atoms with Gasteiger partial charge >= 0.3 is 0 Å². The Morgan fingerprint density at radius 3 is 2.61 bits per heavy atom. The van der Waals surface area contributed by atoms with Crippen molar-refractivity contribution in [1.29, 1.82) is 0 Å². The van der Waals surface area contributed by atoms with Gasteiger partial charge in [-0.2, -0.15) is 5.10 Å². The number of phenols is 1. The van der Waals surface area contributed by atoms with Crippen molar-refractivity contribution in [2.75, 3.05) is 31.6 Å². The second-order valence-electron chi connectivity index (χ2n) is 13.6. The molecule has 4 heterocycles. The number of nitrogens with one attached hydrogen (secondary N) is 4. The number of unbranched alkanes of at least 4 members (excludes halogenated alkanes) is 2. The van der Waals surface area contributed by atoms with E-state index in [2.05, 4.69) is 58.9 Å². The van der Waals surface area contributed by atoms with Gasteiger partial charge in [0.2, 0.25) is 5.56 Å². The van der Waals surface area contributed by atoms with E-state index in [0.29, 0.717) is 23.7 Å². The van der Waals surface area contributed by atoms with E-state index in [1.807, 2.05) is 29.1 Å². The van der Waals surface area contributed by atoms with Gasteiger partial charge in [-0.1, -0.05) is 38.5 Å². The summed E-state index contributed by atoms with van der Waals surface area (Å²) in [6.07, 6.45) is 8.73. The van der Waals surface area contributed by atoms with Gasteiger partial charge in [0, 0.05) is 67.2 Å². The van der Waals surface area contributed by atoms with Crippen molar-refractivity contribution in [3.05, 3.63) is 93.0 Å². The zero-order chi connectivity index (χ0) is 35.7. The summed E-state index contributed by atoms with van der Waals surface area (Å²) < 4.78 is 7.52. The van der Waals surface area contributed by atoms with Gasteiger partial charge in [-0.05, 0) is 93.3 Å². The highest BCUT2D eigenvalue weighted by molar-refractivity contribution is 5.95. The molecule has 1 aliphatic heterocycles. The lowest BCUT2D eigenvalue weighted by Crippen LogP contribution is -2.30. The van der Waals surface area contributed by atoms with Gasteiger partial charge in [-0.3, -0.25) is 9.59 Å². The highest BCUT2D eigenvalue weighted by atomic mass is 16.5. The van der Waals surface area contributed by atoms with Crippen molar-refractivity contribution in [1.82, 2.24) is 30.4 Å². The molecule has 1 saturated heterocycles. The standard InChI is InChI=1S/C40H51N7O4/c1-4-34-32(37(44-29-18-21-51-22-19-29)33-25-43-47(5-2)39(33)45-34)24-42-40(50)28-12-10-27(11-13-28)9-7-6-8-20-41-23-26(3)30-14-16-35(48)38-31(30)15-17-36(49)46-38/h10-17,25-26,29,41,48H,4-9,18-24H2,1-3H3,(H,42,50)(H,44,45)(H,46,49)/t26-/m0/s1. The maximum atomic E-state index is 13.3. The summed E-state index contributed by atoms with van der Waals surface area (Å²) in [4.78, 5) is 32.8. The number of ether oxygens (including phenoxy) is 1. The molecular weight excluding hydrogens is 642 g/mol. The third-order valence-electron chi connectivity index (χ3n) is 10.0. The minimum atomic E-state index is -0.222. The molecule has 1 aliphatic rings. The molecule has 0 radical (unpaired) electrons. The van der Waals surface area contributed by atoms with Crippen LogP contribution in [-0.4, -0.2) is 63.1 Å². The van der Waals surface area contributed by atoms with Crippen LogP contribution in [0.4, 0.5) is 5.69 Å². The van der Waals surface area contributed by atoms with Crippen LogP contribution in [0.5, 0.6) is 5.75 Å². The van der Waals surface area contributed by atoms with Crippen molar-refractivity contribution in [2.45, 2.75) is 90.8 Å². The number of rotatable bonds is 16. The fourth-order valence-electron chi connectivity index (χ4n) is 7.07. The van der Waals surface area contributed by atoms with E-state index in [4.69, 9.17) is 9.72 Å². The molecule has 6 rings (SSSR count). The zero-order valence-electron chi connectivity index (χ0n) is 30.1. The first-order valence-corrected chi connectivity index (χ1v) is 18.5. The van der Waals surface area contributed by atoms with Crippen LogP contribution in [0.3, 0.4) is 0 Å². The van der Waals surface area contributed by atoms with Gasteiger partial charge in [0.1, 0.15) is 5.75 Å². The highest BCUT2D eigenvalue weighted by Crippen LogP contribution is 2.32. The van der Waals surface area contributed by atoms with Gasteiger partial charge < -0.3 is 30.8 Å². The number of carbonyl (C=O) groups is 1. The average molecular weight is 694 g/mol. The molecule has 0 spiro atoms. The molecule has 1 atom stereocenters. The number of H-pyrrole nitrogens is 1. The van der Waals surface area contributed by atoms with E-state index < -0.39 is 0 Å². The highest BCUT2D eigenvalue weighted by Gasteiger charge is 2.22. The number of aromatic nitrogens is 4. The number of benzene rings is 2. The number of nitrogens with zero attached hydrogens (tertiary/aromatic N) is 3. The summed E-state index contributed by atoms with van der Waals surface area (Å²) in [5, 5.41) is 27.1. The molecule has 11 nitrogen and oxygen atoms in total. The molecule has 5 aromatic rings. The molecular formula is C40H51N7O4. The number of fused-ring (bicyclic) bond motifs is 2. The number of carbonyl (C=O) groups excluding carboxylic acids is 1. The number of aromatic amines is 1. The quantitative estimate of drug-likeness (QED) is 0.0770. The van der Waals surface area contributed by atoms with Crippen molar-refractivity contribution in [3.63, 3.8) is 0 Å². The Morgan fingerprint density at radius 2 is 1.84 bits per heavy atom. The van der Waals surface area contributed by atoms with Crippen LogP contribution in [0, 0.1) is 0 Å². The minimum Gasteiger partial charge on any atom is -0.506 e. The summed E-state index contributed by atoms with van der Waals surface area (Å²) in [5.74, 6) is 0.218. The molecule has 3 aromatic heterocycles. The Balaban J connectivity index is 0.975. The largest absolute Gasteiger partial charge is 0.506 e. The molecule has 5 N–H and O–H groups in total. The van der Waals surface area contributed by atoms with Gasteiger partial charge in [-0.15, -0.1) is 0 Å². The number of hydrogen-bond donors (Lipinski definition) is 5. The summed E-state index contributed by atoms with van der Waals surface area (Å²) >= 11 is 0. The molecule has 11 heteroatoms. The van der Waals surface area contributed by atoms with Crippen molar-refractivity contribution >= 4 is 33.5 Å². The molecule has 0 bridgehead atoms. The molecule has 1 fully saturated rings. The number of hydrogen-bond acceptors (Lipinski definition) is 8. The topological polar surface area (TPSA) is 146 Å². The van der Waals surface area contributed by atoms with E-state index >= 15 is 0 Å². The molecule has 0 saturated carbocycles. The summed E-state index contributed by atoms with van der Waals surface area (Å²) in [7, 11) is 0. The van der Waals surface area contributed by atoms with Crippen LogP contribution in [0.25, 0.3) is 21.9 Å². The number of phenolic OH excluding ortho intramolecular Hbond substituents is 1. The smallest absolute Gasteiger partial charge is 0.251 e. The van der Waals surface area contributed by atoms with Gasteiger partial charge in [0.25, 0.3) is 5.91 Å². The summed E-state index contributed by atoms with van der Waals surface area (Å²) in [6, 6.07) is 15.1. The van der Waals surface area contributed by atoms with Crippen molar-refractivity contribution < 1.29 is 14.6 Å². The molecule has 2 aromatic carbocycles. The maximum absolute atomic E-state index is 13.3. The lowest BCUT2D eigenvalue weighted by atomic mass is 9.96. The molecule has 0 unspecified atom stereocenters. The lowest BCUT2D eigenvalue weighted by molar-refractivity contribution is 0.0904. The lowest BCUT2D eigenvalue weighted by Gasteiger charge is -2.26. The third kappa shape index (κ3) is 8.60. The van der Waals surface area contributed by atoms with E-state index in [9.17, 15) is 14.7 Å². The van der Waals surface area contributed by atoms with Crippen LogP contribution in [0.15, 0.2) is 59.5 Å². The Morgan fingerprint density at radius 1 is 1.04 bits per heavy atom. The zero-order valence-corrected chi connectivity index (χ0v) is 30.1. The number of aryl methyl sites for hydroxylation is 3. The van der Waals surface area contributed by atoms with Gasteiger partial charge in [-0.25, -0.2) is 9.67 Å². The monoisotopic (exact) mass is 693 g/mol. The molecule has 0 aliphatic carbocycles. The number of anilines is 1. The van der Waals surface area contributed by atoms with Crippen molar-refractivity contribution in [3.8, 4) is 5.75 Å². The average Bonchev–Trinajstić information content (AvgIpc) is 3.57. The Labute approximate surface area is 299 Å². The van der Waals surface area contributed by atoms with E-state index in [-0.39, 0.29) is 23.1 Å². The number of amides is 1.